The van der Waals surface area contributed by atoms with Gasteiger partial charge in [-0.1, -0.05) is 18.2 Å². The molecule has 0 saturated carbocycles. The van der Waals surface area contributed by atoms with Crippen LogP contribution in [0.2, 0.25) is 0 Å². The maximum atomic E-state index is 13.7. The first-order valence-corrected chi connectivity index (χ1v) is 9.10. The molecule has 2 heterocycles. The fourth-order valence-electron chi connectivity index (χ4n) is 3.31. The normalized spacial score (nSPS) is 15.3. The van der Waals surface area contributed by atoms with Gasteiger partial charge in [-0.15, -0.1) is 17.5 Å². The summed E-state index contributed by atoms with van der Waals surface area (Å²) in [5, 5.41) is 10.2. The molecule has 160 valence electrons. The van der Waals surface area contributed by atoms with Gasteiger partial charge in [-0.05, 0) is 50.0 Å². The molecule has 1 N–H and O–H groups in total. The second kappa shape index (κ2) is 9.53. The number of piperidine rings is 1. The van der Waals surface area contributed by atoms with E-state index in [-0.39, 0.29) is 18.1 Å². The van der Waals surface area contributed by atoms with Crippen LogP contribution < -0.4 is 5.32 Å². The van der Waals surface area contributed by atoms with Gasteiger partial charge in [-0.2, -0.15) is 13.2 Å². The summed E-state index contributed by atoms with van der Waals surface area (Å²) in [6.07, 6.45) is -3.46. The van der Waals surface area contributed by atoms with E-state index in [9.17, 15) is 22.4 Å². The molecule has 29 heavy (non-hydrogen) atoms. The number of benzene rings is 1. The molecule has 1 fully saturated rings. The van der Waals surface area contributed by atoms with Crippen LogP contribution in [0.1, 0.15) is 35.9 Å². The first-order valence-electron chi connectivity index (χ1n) is 9.10. The number of likely N-dealkylation sites (tertiary alicyclic amines) is 1. The van der Waals surface area contributed by atoms with Gasteiger partial charge in [0.2, 0.25) is 0 Å². The number of hydrogen-bond donors (Lipinski definition) is 1. The Bertz CT molecular complexity index is 834. The quantitative estimate of drug-likeness (QED) is 0.732. The number of halogens is 5. The van der Waals surface area contributed by atoms with Crippen LogP contribution in [-0.4, -0.2) is 52.0 Å². The van der Waals surface area contributed by atoms with Gasteiger partial charge < -0.3 is 10.2 Å². The zero-order valence-electron chi connectivity index (χ0n) is 15.7. The minimum Gasteiger partial charge on any atom is -0.337 e. The van der Waals surface area contributed by atoms with Crippen molar-refractivity contribution < 1.29 is 22.4 Å². The maximum Gasteiger partial charge on any atom is 0.435 e. The van der Waals surface area contributed by atoms with E-state index in [0.717, 1.165) is 25.2 Å². The Labute approximate surface area is 171 Å². The van der Waals surface area contributed by atoms with E-state index in [1.54, 1.807) is 0 Å². The summed E-state index contributed by atoms with van der Waals surface area (Å²) in [7, 11) is 0. The van der Waals surface area contributed by atoms with Gasteiger partial charge in [0.05, 0.1) is 5.69 Å². The van der Waals surface area contributed by atoms with Crippen LogP contribution in [0.5, 0.6) is 0 Å². The van der Waals surface area contributed by atoms with Crippen LogP contribution in [-0.2, 0) is 6.18 Å². The number of amides is 1. The van der Waals surface area contributed by atoms with Crippen molar-refractivity contribution >= 4 is 18.3 Å². The molecule has 11 heteroatoms. The number of nitrogens with one attached hydrogen (secondary N) is 1. The lowest BCUT2D eigenvalue weighted by atomic mass is 9.96. The lowest BCUT2D eigenvalue weighted by Crippen LogP contribution is -2.41. The van der Waals surface area contributed by atoms with Crippen molar-refractivity contribution in [1.82, 2.24) is 25.2 Å². The number of carbonyl (C=O) groups is 1. The highest BCUT2D eigenvalue weighted by atomic mass is 35.5. The highest BCUT2D eigenvalue weighted by molar-refractivity contribution is 5.93. The van der Waals surface area contributed by atoms with E-state index in [0.29, 0.717) is 36.5 Å². The molecule has 0 atom stereocenters. The van der Waals surface area contributed by atoms with Crippen molar-refractivity contribution in [2.45, 2.75) is 25.9 Å². The standard InChI is InChI=1S/C18H21F4N5O.ClH/c1-2-23-11-12-6-8-26(9-7-12)17(28)15-16(18(20,21)22)27(25-24-15)14-5-3-4-13(19)10-14;/h3-5,10,12,23H,2,6-9,11H2,1H3;1H. The monoisotopic (exact) mass is 435 g/mol. The lowest BCUT2D eigenvalue weighted by molar-refractivity contribution is -0.143. The number of rotatable bonds is 5. The van der Waals surface area contributed by atoms with E-state index in [1.165, 1.54) is 17.0 Å². The average Bonchev–Trinajstić information content (AvgIpc) is 3.12. The second-order valence-electron chi connectivity index (χ2n) is 6.72. The van der Waals surface area contributed by atoms with E-state index in [1.807, 2.05) is 6.92 Å². The Balaban J connectivity index is 0.00000300. The summed E-state index contributed by atoms with van der Waals surface area (Å²) in [4.78, 5) is 14.1. The summed E-state index contributed by atoms with van der Waals surface area (Å²) >= 11 is 0. The number of nitrogens with zero attached hydrogens (tertiary/aromatic N) is 4. The van der Waals surface area contributed by atoms with Crippen LogP contribution in [0.3, 0.4) is 0 Å². The zero-order valence-corrected chi connectivity index (χ0v) is 16.6. The minimum absolute atomic E-state index is 0. The van der Waals surface area contributed by atoms with Crippen molar-refractivity contribution in [3.63, 3.8) is 0 Å². The summed E-state index contributed by atoms with van der Waals surface area (Å²) in [5.41, 5.74) is -2.21. The Morgan fingerprint density at radius 1 is 1.28 bits per heavy atom. The topological polar surface area (TPSA) is 63.1 Å². The molecular weight excluding hydrogens is 414 g/mol. The number of aromatic nitrogens is 3. The van der Waals surface area contributed by atoms with E-state index in [4.69, 9.17) is 0 Å². The molecule has 1 saturated heterocycles. The average molecular weight is 436 g/mol. The van der Waals surface area contributed by atoms with Gasteiger partial charge in [0.1, 0.15) is 5.82 Å². The summed E-state index contributed by atoms with van der Waals surface area (Å²) < 4.78 is 55.0. The third-order valence-corrected chi connectivity index (χ3v) is 4.78. The smallest absolute Gasteiger partial charge is 0.337 e. The molecule has 1 aromatic heterocycles. The molecule has 2 aromatic rings. The number of alkyl halides is 3. The predicted molar refractivity (Wildman–Crippen MR) is 101 cm³/mol. The Morgan fingerprint density at radius 2 is 1.97 bits per heavy atom. The molecule has 1 aliphatic rings. The minimum atomic E-state index is -4.87. The summed E-state index contributed by atoms with van der Waals surface area (Å²) in [6.45, 7) is 4.39. The molecule has 0 radical (unpaired) electrons. The molecule has 3 rings (SSSR count). The number of carbonyl (C=O) groups excluding carboxylic acids is 1. The van der Waals surface area contributed by atoms with Gasteiger partial charge in [0, 0.05) is 13.1 Å². The van der Waals surface area contributed by atoms with E-state index in [2.05, 4.69) is 15.6 Å². The van der Waals surface area contributed by atoms with Gasteiger partial charge >= 0.3 is 6.18 Å². The van der Waals surface area contributed by atoms with Crippen LogP contribution in [0.4, 0.5) is 17.6 Å². The second-order valence-corrected chi connectivity index (χ2v) is 6.72. The fraction of sp³-hybridized carbons (Fsp3) is 0.500. The molecule has 0 unspecified atom stereocenters. The van der Waals surface area contributed by atoms with Gasteiger partial charge in [-0.25, -0.2) is 9.07 Å². The molecule has 1 aliphatic heterocycles. The molecule has 1 aromatic carbocycles. The first-order chi connectivity index (χ1) is 13.3. The van der Waals surface area contributed by atoms with Crippen LogP contribution in [0.15, 0.2) is 24.3 Å². The zero-order chi connectivity index (χ0) is 20.3. The van der Waals surface area contributed by atoms with Crippen molar-refractivity contribution in [2.75, 3.05) is 26.2 Å². The predicted octanol–water partition coefficient (Wildman–Crippen LogP) is 3.31. The van der Waals surface area contributed by atoms with Crippen LogP contribution in [0.25, 0.3) is 5.69 Å². The van der Waals surface area contributed by atoms with Gasteiger partial charge in [0.25, 0.3) is 5.91 Å². The first kappa shape index (κ1) is 23.1. The third-order valence-electron chi connectivity index (χ3n) is 4.78. The molecular formula is C18H22ClF4N5O. The fourth-order valence-corrected chi connectivity index (χ4v) is 3.31. The largest absolute Gasteiger partial charge is 0.435 e. The SMILES string of the molecule is CCNCC1CCN(C(=O)c2nnn(-c3cccc(F)c3)c2C(F)(F)F)CC1.Cl. The van der Waals surface area contributed by atoms with Crippen molar-refractivity contribution in [1.29, 1.82) is 0 Å². The Morgan fingerprint density at radius 3 is 2.55 bits per heavy atom. The maximum absolute atomic E-state index is 13.7. The van der Waals surface area contributed by atoms with Crippen molar-refractivity contribution in [2.24, 2.45) is 5.92 Å². The highest BCUT2D eigenvalue weighted by Crippen LogP contribution is 2.33. The molecule has 1 amide bonds. The molecule has 0 spiro atoms. The summed E-state index contributed by atoms with van der Waals surface area (Å²) in [5.74, 6) is -1.14. The number of hydrogen-bond acceptors (Lipinski definition) is 4. The lowest BCUT2D eigenvalue weighted by Gasteiger charge is -2.31. The third kappa shape index (κ3) is 5.24. The molecule has 0 bridgehead atoms. The Kier molecular flexibility index (Phi) is 7.59. The van der Waals surface area contributed by atoms with E-state index >= 15 is 0 Å². The van der Waals surface area contributed by atoms with E-state index < -0.39 is 29.3 Å². The summed E-state index contributed by atoms with van der Waals surface area (Å²) in [6, 6.07) is 4.55. The van der Waals surface area contributed by atoms with Crippen molar-refractivity contribution in [3.8, 4) is 5.69 Å². The van der Waals surface area contributed by atoms with Gasteiger partial charge in [0.15, 0.2) is 11.4 Å². The highest BCUT2D eigenvalue weighted by Gasteiger charge is 2.43. The molecule has 0 aliphatic carbocycles. The van der Waals surface area contributed by atoms with Crippen LogP contribution in [0, 0.1) is 11.7 Å². The van der Waals surface area contributed by atoms with Gasteiger partial charge in [-0.3, -0.25) is 4.79 Å². The molecule has 6 nitrogen and oxygen atoms in total. The van der Waals surface area contributed by atoms with Crippen LogP contribution >= 0.6 is 12.4 Å². The Hall–Kier alpha value is -2.20. The van der Waals surface area contributed by atoms with Crippen molar-refractivity contribution in [3.05, 3.63) is 41.5 Å².